The third-order valence-electron chi connectivity index (χ3n) is 1.20. The van der Waals surface area contributed by atoms with Crippen molar-refractivity contribution in [2.24, 2.45) is 0 Å². The third kappa shape index (κ3) is 8.82. The van der Waals surface area contributed by atoms with Gasteiger partial charge in [-0.3, -0.25) is 0 Å². The van der Waals surface area contributed by atoms with Crippen LogP contribution in [-0.4, -0.2) is 0 Å². The smallest absolute Gasteiger partial charge is 0.0112 e. The molecule has 0 nitrogen and oxygen atoms in total. The van der Waals surface area contributed by atoms with Crippen LogP contribution in [0, 0.1) is 0 Å². The molecule has 0 aromatic heterocycles. The lowest BCUT2D eigenvalue weighted by Gasteiger charge is -1.84. The van der Waals surface area contributed by atoms with Crippen LogP contribution in [0.1, 0.15) is 26.2 Å². The van der Waals surface area contributed by atoms with Crippen molar-refractivity contribution >= 4 is 0 Å². The molecule has 0 heteroatoms. The van der Waals surface area contributed by atoms with Crippen molar-refractivity contribution in [3.05, 3.63) is 42.0 Å². The van der Waals surface area contributed by atoms with E-state index in [0.29, 0.717) is 0 Å². The first-order valence-electron chi connectivity index (χ1n) is 3.92. The Balaban J connectivity index is 3.60. The van der Waals surface area contributed by atoms with Gasteiger partial charge in [0.1, 0.15) is 0 Å². The van der Waals surface area contributed by atoms with E-state index in [-0.39, 0.29) is 0 Å². The summed E-state index contributed by atoms with van der Waals surface area (Å²) in [4.78, 5) is 0. The molecule has 0 radical (unpaired) electrons. The average molecular weight is 146 g/mol. The normalized spacial score (nSPS) is 8.45. The summed E-state index contributed by atoms with van der Waals surface area (Å²) in [6, 6.07) is 0. The van der Waals surface area contributed by atoms with Crippen molar-refractivity contribution in [2.75, 3.05) is 0 Å². The Kier molecular flexibility index (Phi) is 7.87. The van der Waals surface area contributed by atoms with Crippen molar-refractivity contribution < 1.29 is 0 Å². The number of unbranched alkanes of at least 4 members (excludes halogenated alkanes) is 2. The molecule has 0 aliphatic rings. The zero-order valence-electron chi connectivity index (χ0n) is 7.06. The van der Waals surface area contributed by atoms with E-state index < -0.39 is 0 Å². The Morgan fingerprint density at radius 2 is 2.27 bits per heavy atom. The molecule has 0 amide bonds. The molecule has 0 aromatic carbocycles. The lowest BCUT2D eigenvalue weighted by atomic mass is 10.2. The van der Waals surface area contributed by atoms with Crippen LogP contribution >= 0.6 is 0 Å². The minimum Gasteiger partial charge on any atom is -0.0839 e. The van der Waals surface area contributed by atoms with Crippen LogP contribution in [0.25, 0.3) is 0 Å². The maximum atomic E-state index is 3.37. The van der Waals surface area contributed by atoms with Crippen LogP contribution < -0.4 is 0 Å². The molecular weight excluding hydrogens is 132 g/mol. The van der Waals surface area contributed by atoms with Gasteiger partial charge in [-0.05, 0) is 24.8 Å². The number of allylic oxidation sites excluding steroid dienone is 3. The molecule has 0 aliphatic heterocycles. The molecule has 58 valence electrons. The maximum Gasteiger partial charge on any atom is -0.0112 e. The highest BCUT2D eigenvalue weighted by Gasteiger charge is 1.74. The highest BCUT2D eigenvalue weighted by Crippen LogP contribution is 1.94. The van der Waals surface area contributed by atoms with E-state index in [1.807, 2.05) is 12.2 Å². The fraction of sp³-hybridized carbons (Fsp3) is 0.364. The SMILES string of the molecule is C=C=C=C=C/C=C/CCCC. The molecule has 0 saturated heterocycles. The van der Waals surface area contributed by atoms with Crippen LogP contribution in [0.5, 0.6) is 0 Å². The lowest BCUT2D eigenvalue weighted by Crippen LogP contribution is -1.64. The Bertz CT molecular complexity index is 214. The molecule has 0 unspecified atom stereocenters. The molecule has 0 rings (SSSR count). The predicted molar refractivity (Wildman–Crippen MR) is 49.4 cm³/mol. The van der Waals surface area contributed by atoms with Crippen LogP contribution in [-0.2, 0) is 0 Å². The molecule has 0 N–H and O–H groups in total. The molecule has 0 fully saturated rings. The lowest BCUT2D eigenvalue weighted by molar-refractivity contribution is 0.815. The minimum absolute atomic E-state index is 1.15. The van der Waals surface area contributed by atoms with Crippen molar-refractivity contribution in [1.82, 2.24) is 0 Å². The summed E-state index contributed by atoms with van der Waals surface area (Å²) in [5, 5.41) is 0. The van der Waals surface area contributed by atoms with Gasteiger partial charge in [0.2, 0.25) is 0 Å². The maximum absolute atomic E-state index is 3.37. The van der Waals surface area contributed by atoms with Crippen molar-refractivity contribution in [3.63, 3.8) is 0 Å². The number of hydrogen-bond acceptors (Lipinski definition) is 0. The summed E-state index contributed by atoms with van der Waals surface area (Å²) in [7, 11) is 0. The molecule has 0 bridgehead atoms. The van der Waals surface area contributed by atoms with Crippen molar-refractivity contribution in [1.29, 1.82) is 0 Å². The molecule has 0 saturated carbocycles. The molecule has 0 aromatic rings. The van der Waals surface area contributed by atoms with E-state index in [4.69, 9.17) is 0 Å². The molecule has 0 atom stereocenters. The van der Waals surface area contributed by atoms with Crippen molar-refractivity contribution in [2.45, 2.75) is 26.2 Å². The van der Waals surface area contributed by atoms with E-state index in [2.05, 4.69) is 36.8 Å². The van der Waals surface area contributed by atoms with Gasteiger partial charge in [0.15, 0.2) is 0 Å². The molecule has 11 heavy (non-hydrogen) atoms. The Hall–Kier alpha value is -1.18. The average Bonchev–Trinajstić information content (AvgIpc) is 2.03. The molecule has 0 spiro atoms. The van der Waals surface area contributed by atoms with Gasteiger partial charge in [0.25, 0.3) is 0 Å². The highest BCUT2D eigenvalue weighted by atomic mass is 13.8. The van der Waals surface area contributed by atoms with Gasteiger partial charge >= 0.3 is 0 Å². The van der Waals surface area contributed by atoms with Gasteiger partial charge in [-0.15, -0.1) is 0 Å². The fourth-order valence-corrected chi connectivity index (χ4v) is 0.627. The van der Waals surface area contributed by atoms with E-state index in [0.717, 1.165) is 6.42 Å². The van der Waals surface area contributed by atoms with Crippen LogP contribution in [0.15, 0.2) is 42.0 Å². The van der Waals surface area contributed by atoms with Crippen LogP contribution in [0.2, 0.25) is 0 Å². The first-order valence-corrected chi connectivity index (χ1v) is 3.92. The summed E-state index contributed by atoms with van der Waals surface area (Å²) < 4.78 is 0. The second-order valence-electron chi connectivity index (χ2n) is 2.18. The monoisotopic (exact) mass is 146 g/mol. The van der Waals surface area contributed by atoms with E-state index in [9.17, 15) is 0 Å². The summed E-state index contributed by atoms with van der Waals surface area (Å²) in [5.41, 5.74) is 7.89. The summed E-state index contributed by atoms with van der Waals surface area (Å²) >= 11 is 0. The zero-order valence-corrected chi connectivity index (χ0v) is 7.06. The number of hydrogen-bond donors (Lipinski definition) is 0. The van der Waals surface area contributed by atoms with Gasteiger partial charge < -0.3 is 0 Å². The van der Waals surface area contributed by atoms with E-state index in [1.165, 1.54) is 12.8 Å². The van der Waals surface area contributed by atoms with E-state index >= 15 is 0 Å². The molecule has 0 heterocycles. The quantitative estimate of drug-likeness (QED) is 0.324. The van der Waals surface area contributed by atoms with Gasteiger partial charge in [0, 0.05) is 0 Å². The first-order chi connectivity index (χ1) is 5.41. The van der Waals surface area contributed by atoms with E-state index in [1.54, 1.807) is 0 Å². The van der Waals surface area contributed by atoms with Gasteiger partial charge in [0.05, 0.1) is 0 Å². The third-order valence-corrected chi connectivity index (χ3v) is 1.20. The fourth-order valence-electron chi connectivity index (χ4n) is 0.627. The summed E-state index contributed by atoms with van der Waals surface area (Å²) in [6.45, 7) is 5.55. The van der Waals surface area contributed by atoms with Gasteiger partial charge in [-0.2, -0.15) is 0 Å². The minimum atomic E-state index is 1.15. The van der Waals surface area contributed by atoms with Crippen LogP contribution in [0.4, 0.5) is 0 Å². The molecule has 0 aliphatic carbocycles. The zero-order chi connectivity index (χ0) is 8.36. The summed E-state index contributed by atoms with van der Waals surface area (Å²) in [5.74, 6) is 0. The predicted octanol–water partition coefficient (Wildman–Crippen LogP) is 3.38. The van der Waals surface area contributed by atoms with Crippen molar-refractivity contribution in [3.8, 4) is 0 Å². The second kappa shape index (κ2) is 8.82. The van der Waals surface area contributed by atoms with Crippen LogP contribution in [0.3, 0.4) is 0 Å². The Morgan fingerprint density at radius 3 is 2.91 bits per heavy atom. The largest absolute Gasteiger partial charge is 0.0839 e. The van der Waals surface area contributed by atoms with Gasteiger partial charge in [-0.1, -0.05) is 43.4 Å². The standard InChI is InChI=1S/C11H14/c1-3-5-7-9-11-10-8-6-4-2/h9-11H,1,4,6,8H2,2H3/b11-10+. The summed E-state index contributed by atoms with van der Waals surface area (Å²) in [6.07, 6.45) is 9.56. The van der Waals surface area contributed by atoms with Gasteiger partial charge in [-0.25, -0.2) is 0 Å². The molecular formula is C11H14. The topological polar surface area (TPSA) is 0 Å². The Labute approximate surface area is 68.9 Å². The number of rotatable bonds is 4. The highest BCUT2D eigenvalue weighted by molar-refractivity contribution is 5.01. The second-order valence-corrected chi connectivity index (χ2v) is 2.18. The first kappa shape index (κ1) is 9.82. The Morgan fingerprint density at radius 1 is 1.45 bits per heavy atom.